The Hall–Kier alpha value is -6.08. The van der Waals surface area contributed by atoms with Crippen molar-refractivity contribution >= 4 is 55.5 Å². The summed E-state index contributed by atoms with van der Waals surface area (Å²) in [6.07, 6.45) is 0. The molecule has 0 aliphatic rings. The molecule has 8 aromatic carbocycles. The highest BCUT2D eigenvalue weighted by Gasteiger charge is 2.31. The zero-order valence-corrected chi connectivity index (χ0v) is 28.2. The summed E-state index contributed by atoms with van der Waals surface area (Å²) in [6, 6.07) is 66.8. The Morgan fingerprint density at radius 1 is 0.400 bits per heavy atom. The molecular formula is C47H32NOP. The van der Waals surface area contributed by atoms with E-state index in [0.717, 1.165) is 71.1 Å². The van der Waals surface area contributed by atoms with Crippen LogP contribution in [0, 0.1) is 0 Å². The second-order valence-corrected chi connectivity index (χ2v) is 15.4. The predicted octanol–water partition coefficient (Wildman–Crippen LogP) is 11.2. The molecule has 3 heteroatoms. The highest BCUT2D eigenvalue weighted by molar-refractivity contribution is 7.85. The standard InChI is InChI=1S/C47H32NOP/c49-50(37-20-6-2-7-21-37,38-22-8-3-9-23-38)46-30-28-39(41-25-12-13-26-42(41)46)35-18-14-19-36(31-35)43-32-45(34-16-4-1-5-17-34)48-44-29-27-33-15-10-11-24-40(33)47(43)44/h1-32H. The van der Waals surface area contributed by atoms with Gasteiger partial charge < -0.3 is 4.57 Å². The summed E-state index contributed by atoms with van der Waals surface area (Å²) in [7, 11) is -3.18. The molecule has 0 spiro atoms. The Morgan fingerprint density at radius 2 is 0.960 bits per heavy atom. The van der Waals surface area contributed by atoms with E-state index in [1.165, 1.54) is 10.8 Å². The Kier molecular flexibility index (Phi) is 7.46. The highest BCUT2D eigenvalue weighted by Crippen LogP contribution is 2.46. The zero-order valence-electron chi connectivity index (χ0n) is 27.3. The van der Waals surface area contributed by atoms with Gasteiger partial charge in [-0.15, -0.1) is 0 Å². The van der Waals surface area contributed by atoms with Crippen molar-refractivity contribution in [1.29, 1.82) is 0 Å². The molecule has 236 valence electrons. The second kappa shape index (κ2) is 12.4. The summed E-state index contributed by atoms with van der Waals surface area (Å²) >= 11 is 0. The normalized spacial score (nSPS) is 11.7. The van der Waals surface area contributed by atoms with Crippen LogP contribution in [0.2, 0.25) is 0 Å². The minimum absolute atomic E-state index is 0.831. The Morgan fingerprint density at radius 3 is 1.66 bits per heavy atom. The van der Waals surface area contributed by atoms with Crippen LogP contribution < -0.4 is 15.9 Å². The first kappa shape index (κ1) is 30.0. The average Bonchev–Trinajstić information content (AvgIpc) is 3.20. The lowest BCUT2D eigenvalue weighted by Gasteiger charge is -2.23. The molecule has 0 aliphatic carbocycles. The largest absolute Gasteiger partial charge is 0.309 e. The van der Waals surface area contributed by atoms with Crippen LogP contribution in [0.25, 0.3) is 66.0 Å². The first-order valence-electron chi connectivity index (χ1n) is 16.9. The van der Waals surface area contributed by atoms with Crippen LogP contribution in [0.4, 0.5) is 0 Å². The average molecular weight is 658 g/mol. The highest BCUT2D eigenvalue weighted by atomic mass is 31.2. The number of fused-ring (bicyclic) bond motifs is 4. The quantitative estimate of drug-likeness (QED) is 0.132. The molecule has 9 aromatic rings. The van der Waals surface area contributed by atoms with E-state index < -0.39 is 7.14 Å². The maximum Gasteiger partial charge on any atom is 0.171 e. The molecule has 0 fully saturated rings. The molecule has 1 aromatic heterocycles. The molecule has 2 nitrogen and oxygen atoms in total. The van der Waals surface area contributed by atoms with E-state index in [1.807, 2.05) is 72.8 Å². The van der Waals surface area contributed by atoms with Gasteiger partial charge in [0, 0.05) is 26.9 Å². The van der Waals surface area contributed by atoms with E-state index in [-0.39, 0.29) is 0 Å². The van der Waals surface area contributed by atoms with Crippen LogP contribution in [0.15, 0.2) is 194 Å². The van der Waals surface area contributed by atoms with E-state index in [0.29, 0.717) is 0 Å². The van der Waals surface area contributed by atoms with Gasteiger partial charge in [0.1, 0.15) is 0 Å². The molecule has 0 radical (unpaired) electrons. The van der Waals surface area contributed by atoms with Crippen molar-refractivity contribution in [2.45, 2.75) is 0 Å². The molecule has 1 heterocycles. The lowest BCUT2D eigenvalue weighted by atomic mass is 9.91. The third-order valence-electron chi connectivity index (χ3n) is 9.73. The minimum Gasteiger partial charge on any atom is -0.309 e. The fraction of sp³-hybridized carbons (Fsp3) is 0. The Bertz CT molecular complexity index is 2680. The first-order chi connectivity index (χ1) is 24.7. The summed E-state index contributed by atoms with van der Waals surface area (Å²) in [5.74, 6) is 0. The van der Waals surface area contributed by atoms with Gasteiger partial charge >= 0.3 is 0 Å². The SMILES string of the molecule is O=P(c1ccccc1)(c1ccccc1)c1ccc(-c2cccc(-c3cc(-c4ccccc4)nc4ccc5ccccc5c34)c2)c2ccccc12. The van der Waals surface area contributed by atoms with Gasteiger partial charge in [0.15, 0.2) is 7.14 Å². The van der Waals surface area contributed by atoms with Crippen molar-refractivity contribution in [3.63, 3.8) is 0 Å². The summed E-state index contributed by atoms with van der Waals surface area (Å²) in [6.45, 7) is 0. The van der Waals surface area contributed by atoms with Gasteiger partial charge in [-0.1, -0.05) is 170 Å². The van der Waals surface area contributed by atoms with Gasteiger partial charge in [0.25, 0.3) is 0 Å². The molecule has 0 aliphatic heterocycles. The number of pyridine rings is 1. The van der Waals surface area contributed by atoms with Gasteiger partial charge in [0.05, 0.1) is 11.2 Å². The van der Waals surface area contributed by atoms with E-state index in [1.54, 1.807) is 0 Å². The van der Waals surface area contributed by atoms with Crippen LogP contribution in [0.3, 0.4) is 0 Å². The van der Waals surface area contributed by atoms with Crippen molar-refractivity contribution in [2.24, 2.45) is 0 Å². The van der Waals surface area contributed by atoms with Crippen LogP contribution in [-0.2, 0) is 4.57 Å². The summed E-state index contributed by atoms with van der Waals surface area (Å²) in [5.41, 5.74) is 7.47. The molecule has 0 atom stereocenters. The topological polar surface area (TPSA) is 30.0 Å². The van der Waals surface area contributed by atoms with Crippen molar-refractivity contribution in [1.82, 2.24) is 4.98 Å². The lowest BCUT2D eigenvalue weighted by Crippen LogP contribution is -2.25. The second-order valence-electron chi connectivity index (χ2n) is 12.6. The third-order valence-corrected chi connectivity index (χ3v) is 12.9. The molecule has 0 saturated heterocycles. The van der Waals surface area contributed by atoms with Crippen LogP contribution in [-0.4, -0.2) is 4.98 Å². The van der Waals surface area contributed by atoms with Gasteiger partial charge in [0.2, 0.25) is 0 Å². The van der Waals surface area contributed by atoms with Gasteiger partial charge in [-0.25, -0.2) is 4.98 Å². The number of hydrogen-bond acceptors (Lipinski definition) is 2. The summed E-state index contributed by atoms with van der Waals surface area (Å²) in [4.78, 5) is 5.16. The predicted molar refractivity (Wildman–Crippen MR) is 212 cm³/mol. The van der Waals surface area contributed by atoms with Crippen LogP contribution >= 0.6 is 7.14 Å². The van der Waals surface area contributed by atoms with Gasteiger partial charge in [-0.05, 0) is 68.1 Å². The number of rotatable bonds is 6. The number of aromatic nitrogens is 1. The third kappa shape index (κ3) is 5.05. The molecule has 0 amide bonds. The molecule has 0 bridgehead atoms. The maximum atomic E-state index is 15.5. The van der Waals surface area contributed by atoms with Crippen molar-refractivity contribution in [3.05, 3.63) is 194 Å². The fourth-order valence-electron chi connectivity index (χ4n) is 7.36. The minimum atomic E-state index is -3.18. The molecule has 0 saturated carbocycles. The molecular weight excluding hydrogens is 625 g/mol. The molecule has 50 heavy (non-hydrogen) atoms. The number of nitrogens with zero attached hydrogens (tertiary/aromatic N) is 1. The van der Waals surface area contributed by atoms with Crippen molar-refractivity contribution in [2.75, 3.05) is 0 Å². The Balaban J connectivity index is 1.26. The van der Waals surface area contributed by atoms with Crippen molar-refractivity contribution in [3.8, 4) is 33.5 Å². The molecule has 0 N–H and O–H groups in total. The number of benzene rings is 8. The lowest BCUT2D eigenvalue weighted by molar-refractivity contribution is 0.592. The van der Waals surface area contributed by atoms with Crippen LogP contribution in [0.1, 0.15) is 0 Å². The van der Waals surface area contributed by atoms with Crippen molar-refractivity contribution < 1.29 is 4.57 Å². The smallest absolute Gasteiger partial charge is 0.171 e. The molecule has 9 rings (SSSR count). The zero-order chi connectivity index (χ0) is 33.5. The summed E-state index contributed by atoms with van der Waals surface area (Å²) in [5, 5.41) is 8.10. The van der Waals surface area contributed by atoms with E-state index in [2.05, 4.69) is 121 Å². The van der Waals surface area contributed by atoms with Gasteiger partial charge in [-0.2, -0.15) is 0 Å². The van der Waals surface area contributed by atoms with Gasteiger partial charge in [-0.3, -0.25) is 0 Å². The fourth-order valence-corrected chi connectivity index (χ4v) is 10.2. The van der Waals surface area contributed by atoms with E-state index in [4.69, 9.17) is 4.98 Å². The number of hydrogen-bond donors (Lipinski definition) is 0. The monoisotopic (exact) mass is 657 g/mol. The van der Waals surface area contributed by atoms with E-state index >= 15 is 4.57 Å². The Labute approximate surface area is 291 Å². The summed E-state index contributed by atoms with van der Waals surface area (Å²) < 4.78 is 15.5. The van der Waals surface area contributed by atoms with E-state index in [9.17, 15) is 0 Å². The van der Waals surface area contributed by atoms with Crippen LogP contribution in [0.5, 0.6) is 0 Å². The maximum absolute atomic E-state index is 15.5. The molecule has 0 unspecified atom stereocenters. The first-order valence-corrected chi connectivity index (χ1v) is 18.6.